The highest BCUT2D eigenvalue weighted by Gasteiger charge is 2.44. The zero-order valence-electron chi connectivity index (χ0n) is 18.3. The van der Waals surface area contributed by atoms with Crippen molar-refractivity contribution in [2.45, 2.75) is 12.1 Å². The van der Waals surface area contributed by atoms with Gasteiger partial charge < -0.3 is 0 Å². The quantitative estimate of drug-likeness (QED) is 0.195. The summed E-state index contributed by atoms with van der Waals surface area (Å²) in [6, 6.07) is 31.8. The van der Waals surface area contributed by atoms with E-state index in [9.17, 15) is 8.78 Å². The number of hydrogen-bond acceptors (Lipinski definition) is 0. The maximum absolute atomic E-state index is 13.8. The molecule has 5 aromatic rings. The van der Waals surface area contributed by atoms with E-state index in [2.05, 4.69) is 28.8 Å². The standard InChI is InChI=1S/C29H22ClF2N2/c30-28-14-8-7-13-27(28)29(23-9-3-1-4-10-23,24-11-5-2-6-12-24)34-16-15-33(21-34)20-22-17-25(31)19-26(32)18-22/h1-19,21H,20H2/q+1. The predicted octanol–water partition coefficient (Wildman–Crippen LogP) is 6.60. The van der Waals surface area contributed by atoms with Crippen LogP contribution in [0.3, 0.4) is 0 Å². The van der Waals surface area contributed by atoms with Crippen LogP contribution < -0.4 is 4.57 Å². The zero-order chi connectivity index (χ0) is 23.5. The van der Waals surface area contributed by atoms with Gasteiger partial charge in [0.25, 0.3) is 0 Å². The molecule has 0 amide bonds. The molecule has 0 bridgehead atoms. The molecule has 0 saturated heterocycles. The molecule has 0 unspecified atom stereocenters. The smallest absolute Gasteiger partial charge is 0.233 e. The summed E-state index contributed by atoms with van der Waals surface area (Å²) in [4.78, 5) is 0. The molecule has 0 N–H and O–H groups in total. The van der Waals surface area contributed by atoms with E-state index in [1.807, 2.05) is 84.0 Å². The summed E-state index contributed by atoms with van der Waals surface area (Å²) in [5, 5.41) is 0.641. The van der Waals surface area contributed by atoms with Gasteiger partial charge in [0.1, 0.15) is 30.6 Å². The van der Waals surface area contributed by atoms with Gasteiger partial charge in [0.05, 0.1) is 0 Å². The molecule has 0 fully saturated rings. The van der Waals surface area contributed by atoms with Crippen LogP contribution in [0.2, 0.25) is 5.02 Å². The van der Waals surface area contributed by atoms with Gasteiger partial charge in [-0.25, -0.2) is 17.9 Å². The van der Waals surface area contributed by atoms with Gasteiger partial charge in [0, 0.05) is 27.8 Å². The second kappa shape index (κ2) is 9.24. The Kier molecular flexibility index (Phi) is 5.99. The lowest BCUT2D eigenvalue weighted by molar-refractivity contribution is -0.688. The number of nitrogens with zero attached hydrogens (tertiary/aromatic N) is 2. The van der Waals surface area contributed by atoms with Crippen molar-refractivity contribution in [3.8, 4) is 0 Å². The lowest BCUT2D eigenvalue weighted by Crippen LogP contribution is -2.39. The van der Waals surface area contributed by atoms with E-state index in [0.29, 0.717) is 17.1 Å². The van der Waals surface area contributed by atoms with E-state index in [1.54, 1.807) is 0 Å². The first kappa shape index (κ1) is 22.1. The van der Waals surface area contributed by atoms with Crippen molar-refractivity contribution in [2.75, 3.05) is 0 Å². The SMILES string of the molecule is Fc1cc(F)cc(C[n+]2ccn(C(c3ccccc3)(c3ccccc3)c3ccccc3Cl)c2)c1. The second-order valence-electron chi connectivity index (χ2n) is 8.19. The Balaban J connectivity index is 1.73. The van der Waals surface area contributed by atoms with E-state index in [1.165, 1.54) is 12.1 Å². The number of rotatable bonds is 6. The summed E-state index contributed by atoms with van der Waals surface area (Å²) in [5.74, 6) is -1.18. The summed E-state index contributed by atoms with van der Waals surface area (Å²) in [7, 11) is 0. The van der Waals surface area contributed by atoms with Crippen molar-refractivity contribution >= 4 is 11.6 Å². The van der Waals surface area contributed by atoms with Crippen molar-refractivity contribution in [3.63, 3.8) is 0 Å². The summed E-state index contributed by atoms with van der Waals surface area (Å²) in [5.41, 5.74) is 2.78. The summed E-state index contributed by atoms with van der Waals surface area (Å²) in [6.45, 7) is 0.323. The molecular weight excluding hydrogens is 450 g/mol. The van der Waals surface area contributed by atoms with Crippen LogP contribution in [-0.4, -0.2) is 4.57 Å². The third kappa shape index (κ3) is 4.02. The van der Waals surface area contributed by atoms with E-state index in [4.69, 9.17) is 11.6 Å². The molecule has 0 aliphatic carbocycles. The highest BCUT2D eigenvalue weighted by molar-refractivity contribution is 6.31. The van der Waals surface area contributed by atoms with Crippen LogP contribution in [-0.2, 0) is 12.1 Å². The van der Waals surface area contributed by atoms with Crippen molar-refractivity contribution < 1.29 is 13.3 Å². The monoisotopic (exact) mass is 471 g/mol. The molecule has 34 heavy (non-hydrogen) atoms. The van der Waals surface area contributed by atoms with Crippen molar-refractivity contribution in [1.82, 2.24) is 4.57 Å². The molecule has 0 aliphatic heterocycles. The molecule has 0 radical (unpaired) electrons. The average Bonchev–Trinajstić information content (AvgIpc) is 3.30. The van der Waals surface area contributed by atoms with Crippen molar-refractivity contribution in [3.05, 3.63) is 161 Å². The van der Waals surface area contributed by atoms with Gasteiger partial charge >= 0.3 is 0 Å². The number of hydrogen-bond donors (Lipinski definition) is 0. The first-order valence-electron chi connectivity index (χ1n) is 11.0. The van der Waals surface area contributed by atoms with Crippen LogP contribution in [0.5, 0.6) is 0 Å². The Bertz CT molecular complexity index is 1360. The number of aromatic nitrogens is 2. The topological polar surface area (TPSA) is 8.81 Å². The maximum Gasteiger partial charge on any atom is 0.245 e. The third-order valence-corrected chi connectivity index (χ3v) is 6.34. The fraction of sp³-hybridized carbons (Fsp3) is 0.0690. The summed E-state index contributed by atoms with van der Waals surface area (Å²) >= 11 is 6.83. The Morgan fingerprint density at radius 1 is 0.735 bits per heavy atom. The van der Waals surface area contributed by atoms with Gasteiger partial charge in [-0.2, -0.15) is 0 Å². The molecule has 5 rings (SSSR count). The highest BCUT2D eigenvalue weighted by Crippen LogP contribution is 2.43. The Labute approximate surface area is 202 Å². The maximum atomic E-state index is 13.8. The molecule has 0 atom stereocenters. The zero-order valence-corrected chi connectivity index (χ0v) is 19.0. The van der Waals surface area contributed by atoms with Gasteiger partial charge in [-0.3, -0.25) is 0 Å². The Hall–Kier alpha value is -3.76. The molecule has 0 spiro atoms. The molecule has 2 nitrogen and oxygen atoms in total. The van der Waals surface area contributed by atoms with Crippen LogP contribution in [0, 0.1) is 11.6 Å². The summed E-state index contributed by atoms with van der Waals surface area (Å²) < 4.78 is 31.5. The van der Waals surface area contributed by atoms with Gasteiger partial charge in [0.15, 0.2) is 5.54 Å². The molecule has 168 valence electrons. The molecular formula is C29H22ClF2N2+. The molecule has 1 aromatic heterocycles. The van der Waals surface area contributed by atoms with E-state index >= 15 is 0 Å². The fourth-order valence-electron chi connectivity index (χ4n) is 4.63. The van der Waals surface area contributed by atoms with Crippen LogP contribution >= 0.6 is 11.6 Å². The lowest BCUT2D eigenvalue weighted by Gasteiger charge is -2.33. The number of benzene rings is 4. The normalized spacial score (nSPS) is 11.5. The van der Waals surface area contributed by atoms with Crippen LogP contribution in [0.25, 0.3) is 0 Å². The lowest BCUT2D eigenvalue weighted by atomic mass is 9.76. The van der Waals surface area contributed by atoms with Crippen LogP contribution in [0.4, 0.5) is 8.78 Å². The van der Waals surface area contributed by atoms with Gasteiger partial charge in [0.2, 0.25) is 6.33 Å². The van der Waals surface area contributed by atoms with E-state index in [-0.39, 0.29) is 0 Å². The Morgan fingerprint density at radius 2 is 1.29 bits per heavy atom. The second-order valence-corrected chi connectivity index (χ2v) is 8.60. The van der Waals surface area contributed by atoms with Crippen LogP contribution in [0.1, 0.15) is 22.3 Å². The molecule has 1 heterocycles. The minimum atomic E-state index is -0.765. The molecule has 0 saturated carbocycles. The Morgan fingerprint density at radius 3 is 1.88 bits per heavy atom. The fourth-order valence-corrected chi connectivity index (χ4v) is 4.90. The van der Waals surface area contributed by atoms with Crippen molar-refractivity contribution in [2.24, 2.45) is 0 Å². The highest BCUT2D eigenvalue weighted by atomic mass is 35.5. The average molecular weight is 472 g/mol. The molecule has 5 heteroatoms. The first-order chi connectivity index (χ1) is 16.6. The van der Waals surface area contributed by atoms with Gasteiger partial charge in [-0.05, 0) is 23.8 Å². The number of imidazole rings is 1. The third-order valence-electron chi connectivity index (χ3n) is 6.01. The minimum Gasteiger partial charge on any atom is -0.233 e. The van der Waals surface area contributed by atoms with Gasteiger partial charge in [-0.15, -0.1) is 0 Å². The molecule has 4 aromatic carbocycles. The number of halogens is 3. The van der Waals surface area contributed by atoms with Crippen molar-refractivity contribution in [1.29, 1.82) is 0 Å². The van der Waals surface area contributed by atoms with E-state index in [0.717, 1.165) is 22.8 Å². The summed E-state index contributed by atoms with van der Waals surface area (Å²) in [6.07, 6.45) is 5.82. The van der Waals surface area contributed by atoms with Gasteiger partial charge in [-0.1, -0.05) is 90.5 Å². The van der Waals surface area contributed by atoms with Crippen LogP contribution in [0.15, 0.2) is 122 Å². The minimum absolute atomic E-state index is 0.323. The first-order valence-corrected chi connectivity index (χ1v) is 11.3. The largest absolute Gasteiger partial charge is 0.245 e. The molecule has 0 aliphatic rings. The van der Waals surface area contributed by atoms with E-state index < -0.39 is 17.2 Å². The predicted molar refractivity (Wildman–Crippen MR) is 130 cm³/mol.